The Bertz CT molecular complexity index is 1040. The van der Waals surface area contributed by atoms with Gasteiger partial charge in [-0.25, -0.2) is 4.39 Å². The van der Waals surface area contributed by atoms with Crippen molar-refractivity contribution < 1.29 is 18.7 Å². The van der Waals surface area contributed by atoms with E-state index in [4.69, 9.17) is 4.74 Å². The highest BCUT2D eigenvalue weighted by atomic mass is 19.1. The first-order valence-electron chi connectivity index (χ1n) is 10.1. The minimum Gasteiger partial charge on any atom is -0.496 e. The van der Waals surface area contributed by atoms with Crippen LogP contribution in [0.1, 0.15) is 22.3 Å². The van der Waals surface area contributed by atoms with Gasteiger partial charge in [0.25, 0.3) is 5.91 Å². The molecule has 0 heterocycles. The summed E-state index contributed by atoms with van der Waals surface area (Å²) in [5.74, 6) is -0.510. The van der Waals surface area contributed by atoms with E-state index in [-0.39, 0.29) is 18.4 Å². The van der Waals surface area contributed by atoms with Gasteiger partial charge in [0.15, 0.2) is 0 Å². The number of hydrogen-bond donors (Lipinski definition) is 2. The predicted molar refractivity (Wildman–Crippen MR) is 118 cm³/mol. The quantitative estimate of drug-likeness (QED) is 0.515. The second-order valence-electron chi connectivity index (χ2n) is 7.05. The van der Waals surface area contributed by atoms with Crippen molar-refractivity contribution in [1.29, 1.82) is 0 Å². The maximum Gasteiger partial charge on any atom is 0.251 e. The largest absolute Gasteiger partial charge is 0.496 e. The van der Waals surface area contributed by atoms with E-state index in [2.05, 4.69) is 22.8 Å². The first-order chi connectivity index (χ1) is 15.1. The van der Waals surface area contributed by atoms with E-state index in [1.54, 1.807) is 30.3 Å². The summed E-state index contributed by atoms with van der Waals surface area (Å²) in [6.45, 7) is 0.427. The van der Waals surface area contributed by atoms with Crippen LogP contribution in [0.3, 0.4) is 0 Å². The van der Waals surface area contributed by atoms with Gasteiger partial charge in [-0.1, -0.05) is 42.5 Å². The Hall–Kier alpha value is -3.67. The third kappa shape index (κ3) is 6.40. The fourth-order valence-electron chi connectivity index (χ4n) is 3.22. The molecule has 0 aliphatic carbocycles. The Morgan fingerprint density at radius 1 is 0.935 bits per heavy atom. The van der Waals surface area contributed by atoms with Gasteiger partial charge in [0.05, 0.1) is 13.7 Å². The zero-order valence-corrected chi connectivity index (χ0v) is 17.4. The summed E-state index contributed by atoms with van der Waals surface area (Å²) in [7, 11) is 1.51. The molecule has 160 valence electrons. The summed E-state index contributed by atoms with van der Waals surface area (Å²) in [6.07, 6.45) is 1.70. The highest BCUT2D eigenvalue weighted by molar-refractivity contribution is 5.97. The number of nitrogens with one attached hydrogen (secondary N) is 2. The number of rotatable bonds is 9. The molecule has 0 aromatic heterocycles. The molecule has 3 aromatic carbocycles. The second-order valence-corrected chi connectivity index (χ2v) is 7.05. The van der Waals surface area contributed by atoms with Gasteiger partial charge < -0.3 is 15.4 Å². The topological polar surface area (TPSA) is 67.4 Å². The van der Waals surface area contributed by atoms with Crippen molar-refractivity contribution in [3.63, 3.8) is 0 Å². The van der Waals surface area contributed by atoms with Crippen LogP contribution < -0.4 is 15.4 Å². The minimum atomic E-state index is -0.394. The van der Waals surface area contributed by atoms with Gasteiger partial charge in [0.2, 0.25) is 5.91 Å². The van der Waals surface area contributed by atoms with Crippen molar-refractivity contribution in [2.24, 2.45) is 0 Å². The highest BCUT2D eigenvalue weighted by Gasteiger charge is 2.12. The van der Waals surface area contributed by atoms with E-state index < -0.39 is 5.82 Å². The molecule has 6 heteroatoms. The molecule has 0 saturated carbocycles. The van der Waals surface area contributed by atoms with Crippen LogP contribution in [0.25, 0.3) is 11.1 Å². The summed E-state index contributed by atoms with van der Waals surface area (Å²) in [5, 5.41) is 5.43. The molecule has 3 aromatic rings. The Labute approximate surface area is 181 Å². The summed E-state index contributed by atoms with van der Waals surface area (Å²) in [6, 6.07) is 21.0. The van der Waals surface area contributed by atoms with Gasteiger partial charge in [-0.05, 0) is 54.3 Å². The van der Waals surface area contributed by atoms with E-state index in [1.807, 2.05) is 18.2 Å². The Morgan fingerprint density at radius 2 is 1.74 bits per heavy atom. The van der Waals surface area contributed by atoms with Crippen LogP contribution >= 0.6 is 0 Å². The lowest BCUT2D eigenvalue weighted by molar-refractivity contribution is -0.120. The number of aryl methyl sites for hydroxylation is 1. The van der Waals surface area contributed by atoms with Crippen molar-refractivity contribution in [2.45, 2.75) is 12.8 Å². The van der Waals surface area contributed by atoms with Crippen LogP contribution in [-0.2, 0) is 11.2 Å². The van der Waals surface area contributed by atoms with Crippen LogP contribution in [0.15, 0.2) is 72.8 Å². The molecule has 0 aliphatic rings. The molecular formula is C25H25FN2O3. The second kappa shape index (κ2) is 10.9. The van der Waals surface area contributed by atoms with Crippen LogP contribution in [-0.4, -0.2) is 32.0 Å². The number of hydrogen-bond acceptors (Lipinski definition) is 3. The van der Waals surface area contributed by atoms with E-state index in [1.165, 1.54) is 24.8 Å². The highest BCUT2D eigenvalue weighted by Crippen LogP contribution is 2.31. The lowest BCUT2D eigenvalue weighted by atomic mass is 10.0. The van der Waals surface area contributed by atoms with Crippen LogP contribution in [0.4, 0.5) is 4.39 Å². The average molecular weight is 420 g/mol. The Balaban J connectivity index is 1.51. The summed E-state index contributed by atoms with van der Waals surface area (Å²) >= 11 is 0. The molecule has 0 radical (unpaired) electrons. The maximum atomic E-state index is 13.7. The fraction of sp³-hybridized carbons (Fsp3) is 0.200. The zero-order chi connectivity index (χ0) is 22.1. The lowest BCUT2D eigenvalue weighted by Gasteiger charge is -2.11. The molecule has 3 rings (SSSR count). The molecule has 31 heavy (non-hydrogen) atoms. The van der Waals surface area contributed by atoms with Gasteiger partial charge in [-0.3, -0.25) is 9.59 Å². The first-order valence-corrected chi connectivity index (χ1v) is 10.1. The first kappa shape index (κ1) is 22.0. The molecule has 0 aliphatic heterocycles. The van der Waals surface area contributed by atoms with Gasteiger partial charge in [-0.2, -0.15) is 0 Å². The van der Waals surface area contributed by atoms with Crippen LogP contribution in [0.5, 0.6) is 5.75 Å². The number of halogens is 1. The summed E-state index contributed by atoms with van der Waals surface area (Å²) in [4.78, 5) is 24.5. The summed E-state index contributed by atoms with van der Waals surface area (Å²) < 4.78 is 19.0. The van der Waals surface area contributed by atoms with Crippen molar-refractivity contribution in [1.82, 2.24) is 10.6 Å². The Kier molecular flexibility index (Phi) is 7.76. The maximum absolute atomic E-state index is 13.7. The molecule has 0 unspecified atom stereocenters. The minimum absolute atomic E-state index is 0.113. The van der Waals surface area contributed by atoms with E-state index >= 15 is 0 Å². The lowest BCUT2D eigenvalue weighted by Crippen LogP contribution is -2.37. The number of benzene rings is 3. The summed E-state index contributed by atoms with van der Waals surface area (Å²) in [5.41, 5.74) is 2.79. The number of carbonyl (C=O) groups is 2. The van der Waals surface area contributed by atoms with Gasteiger partial charge in [-0.15, -0.1) is 0 Å². The fourth-order valence-corrected chi connectivity index (χ4v) is 3.22. The van der Waals surface area contributed by atoms with Crippen molar-refractivity contribution in [3.05, 3.63) is 89.7 Å². The number of amides is 2. The molecule has 0 bridgehead atoms. The SMILES string of the molecule is COc1ccc(F)cc1-c1cccc(C(=O)NCC(=O)NCCCc2ccccc2)c1. The van der Waals surface area contributed by atoms with Crippen LogP contribution in [0.2, 0.25) is 0 Å². The molecule has 5 nitrogen and oxygen atoms in total. The molecule has 0 fully saturated rings. The molecule has 0 atom stereocenters. The number of ether oxygens (including phenoxy) is 1. The van der Waals surface area contributed by atoms with Gasteiger partial charge in [0, 0.05) is 17.7 Å². The van der Waals surface area contributed by atoms with E-state index in [0.717, 1.165) is 12.8 Å². The standard InChI is InChI=1S/C25H25FN2O3/c1-31-23-13-12-21(26)16-22(23)19-10-5-11-20(15-19)25(30)28-17-24(29)27-14-6-9-18-7-3-2-4-8-18/h2-5,7-8,10-13,15-16H,6,9,14,17H2,1H3,(H,27,29)(H,28,30). The number of methoxy groups -OCH3 is 1. The van der Waals surface area contributed by atoms with Crippen molar-refractivity contribution in [3.8, 4) is 16.9 Å². The zero-order valence-electron chi connectivity index (χ0n) is 17.4. The average Bonchev–Trinajstić information content (AvgIpc) is 2.81. The third-order valence-corrected chi connectivity index (χ3v) is 4.81. The van der Waals surface area contributed by atoms with Crippen molar-refractivity contribution in [2.75, 3.05) is 20.2 Å². The van der Waals surface area contributed by atoms with E-state index in [0.29, 0.717) is 29.0 Å². The third-order valence-electron chi connectivity index (χ3n) is 4.81. The van der Waals surface area contributed by atoms with Gasteiger partial charge in [0.1, 0.15) is 11.6 Å². The van der Waals surface area contributed by atoms with Crippen LogP contribution in [0, 0.1) is 5.82 Å². The normalized spacial score (nSPS) is 10.4. The predicted octanol–water partition coefficient (Wildman–Crippen LogP) is 3.98. The monoisotopic (exact) mass is 420 g/mol. The number of carbonyl (C=O) groups excluding carboxylic acids is 2. The molecular weight excluding hydrogens is 395 g/mol. The molecule has 0 spiro atoms. The van der Waals surface area contributed by atoms with E-state index in [9.17, 15) is 14.0 Å². The Morgan fingerprint density at radius 3 is 2.52 bits per heavy atom. The van der Waals surface area contributed by atoms with Crippen molar-refractivity contribution >= 4 is 11.8 Å². The molecule has 0 saturated heterocycles. The smallest absolute Gasteiger partial charge is 0.251 e. The molecule has 2 N–H and O–H groups in total. The van der Waals surface area contributed by atoms with Gasteiger partial charge >= 0.3 is 0 Å². The molecule has 2 amide bonds.